The van der Waals surface area contributed by atoms with Crippen molar-refractivity contribution in [3.63, 3.8) is 0 Å². The van der Waals surface area contributed by atoms with Crippen LogP contribution in [0.5, 0.6) is 0 Å². The van der Waals surface area contributed by atoms with Crippen LogP contribution in [0.3, 0.4) is 0 Å². The molecule has 5 N–H and O–H groups in total. The van der Waals surface area contributed by atoms with Crippen LogP contribution in [0.15, 0.2) is 6.20 Å². The van der Waals surface area contributed by atoms with Crippen molar-refractivity contribution in [3.8, 4) is 0 Å². The minimum atomic E-state index is -0.513. The van der Waals surface area contributed by atoms with E-state index < -0.39 is 5.91 Å². The van der Waals surface area contributed by atoms with Crippen molar-refractivity contribution in [2.24, 2.45) is 5.73 Å². The van der Waals surface area contributed by atoms with E-state index in [2.05, 4.69) is 20.6 Å². The Kier molecular flexibility index (Phi) is 5.50. The molecular weight excluding hydrogens is 306 g/mol. The highest BCUT2D eigenvalue weighted by Gasteiger charge is 2.22. The molecule has 0 spiro atoms. The van der Waals surface area contributed by atoms with E-state index in [0.29, 0.717) is 23.4 Å². The van der Waals surface area contributed by atoms with Gasteiger partial charge < -0.3 is 21.5 Å². The van der Waals surface area contributed by atoms with Gasteiger partial charge in [0.1, 0.15) is 5.82 Å². The van der Waals surface area contributed by atoms with E-state index in [4.69, 9.17) is 5.73 Å². The molecule has 0 aliphatic heterocycles. The van der Waals surface area contributed by atoms with E-state index in [-0.39, 0.29) is 12.1 Å². The van der Waals surface area contributed by atoms with Crippen molar-refractivity contribution in [2.75, 3.05) is 10.6 Å². The van der Waals surface area contributed by atoms with E-state index in [9.17, 15) is 9.90 Å². The maximum atomic E-state index is 11.7. The SMILES string of the molecule is NC(=O)c1cnc(NC2CCC(O)CC2)nc1NC1CCCCC1. The van der Waals surface area contributed by atoms with Crippen LogP contribution in [-0.2, 0) is 0 Å². The number of carbonyl (C=O) groups excluding carboxylic acids is 1. The summed E-state index contributed by atoms with van der Waals surface area (Å²) in [4.78, 5) is 20.4. The first-order valence-electron chi connectivity index (χ1n) is 9.00. The molecule has 1 aromatic heterocycles. The topological polar surface area (TPSA) is 113 Å². The summed E-state index contributed by atoms with van der Waals surface area (Å²) in [5.41, 5.74) is 5.80. The molecule has 7 nitrogen and oxygen atoms in total. The molecule has 1 aromatic rings. The number of aromatic nitrogens is 2. The van der Waals surface area contributed by atoms with Gasteiger partial charge in [0, 0.05) is 18.3 Å². The van der Waals surface area contributed by atoms with Crippen LogP contribution in [0.2, 0.25) is 0 Å². The Morgan fingerprint density at radius 3 is 2.38 bits per heavy atom. The second-order valence-corrected chi connectivity index (χ2v) is 6.95. The van der Waals surface area contributed by atoms with Gasteiger partial charge in [0.05, 0.1) is 11.7 Å². The van der Waals surface area contributed by atoms with Crippen molar-refractivity contribution in [3.05, 3.63) is 11.8 Å². The zero-order valence-electron chi connectivity index (χ0n) is 14.0. The molecule has 0 bridgehead atoms. The quantitative estimate of drug-likeness (QED) is 0.656. The second-order valence-electron chi connectivity index (χ2n) is 6.95. The van der Waals surface area contributed by atoms with E-state index >= 15 is 0 Å². The van der Waals surface area contributed by atoms with Crippen LogP contribution in [0, 0.1) is 0 Å². The number of rotatable bonds is 5. The summed E-state index contributed by atoms with van der Waals surface area (Å²) in [6.07, 6.45) is 10.5. The number of amides is 1. The molecule has 2 saturated carbocycles. The van der Waals surface area contributed by atoms with Crippen molar-refractivity contribution in [1.82, 2.24) is 9.97 Å². The predicted octanol–water partition coefficient (Wildman–Crippen LogP) is 2.04. The average Bonchev–Trinajstić information content (AvgIpc) is 2.58. The smallest absolute Gasteiger partial charge is 0.254 e. The monoisotopic (exact) mass is 333 g/mol. The normalized spacial score (nSPS) is 25.2. The summed E-state index contributed by atoms with van der Waals surface area (Å²) in [6.45, 7) is 0. The summed E-state index contributed by atoms with van der Waals surface area (Å²) < 4.78 is 0. The van der Waals surface area contributed by atoms with Gasteiger partial charge in [-0.15, -0.1) is 0 Å². The molecule has 2 aliphatic carbocycles. The Balaban J connectivity index is 1.71. The summed E-state index contributed by atoms with van der Waals surface area (Å²) >= 11 is 0. The molecule has 1 amide bonds. The van der Waals surface area contributed by atoms with Gasteiger partial charge in [-0.05, 0) is 38.5 Å². The van der Waals surface area contributed by atoms with Gasteiger partial charge in [0.25, 0.3) is 5.91 Å². The Bertz CT molecular complexity index is 566. The molecule has 0 aromatic carbocycles. The molecule has 3 rings (SSSR count). The Morgan fingerprint density at radius 2 is 1.71 bits per heavy atom. The Hall–Kier alpha value is -1.89. The van der Waals surface area contributed by atoms with Gasteiger partial charge in [-0.3, -0.25) is 4.79 Å². The fourth-order valence-corrected chi connectivity index (χ4v) is 3.58. The number of carbonyl (C=O) groups is 1. The van der Waals surface area contributed by atoms with Crippen LogP contribution in [-0.4, -0.2) is 39.2 Å². The van der Waals surface area contributed by atoms with Crippen molar-refractivity contribution in [2.45, 2.75) is 76.0 Å². The van der Waals surface area contributed by atoms with Crippen LogP contribution >= 0.6 is 0 Å². The Morgan fingerprint density at radius 1 is 1.04 bits per heavy atom. The van der Waals surface area contributed by atoms with E-state index in [1.54, 1.807) is 0 Å². The van der Waals surface area contributed by atoms with Gasteiger partial charge in [0.15, 0.2) is 0 Å². The van der Waals surface area contributed by atoms with Gasteiger partial charge in [-0.1, -0.05) is 19.3 Å². The number of anilines is 2. The van der Waals surface area contributed by atoms with Crippen LogP contribution in [0.25, 0.3) is 0 Å². The lowest BCUT2D eigenvalue weighted by Gasteiger charge is -2.27. The van der Waals surface area contributed by atoms with Crippen molar-refractivity contribution < 1.29 is 9.90 Å². The highest BCUT2D eigenvalue weighted by Crippen LogP contribution is 2.24. The summed E-state index contributed by atoms with van der Waals surface area (Å²) in [6, 6.07) is 0.597. The lowest BCUT2D eigenvalue weighted by molar-refractivity contribution is 0.1000. The Labute approximate surface area is 142 Å². The molecule has 132 valence electrons. The average molecular weight is 333 g/mol. The first kappa shape index (κ1) is 17.0. The number of primary amides is 1. The number of nitrogens with one attached hydrogen (secondary N) is 2. The number of nitrogens with two attached hydrogens (primary N) is 1. The lowest BCUT2D eigenvalue weighted by atomic mass is 9.93. The summed E-state index contributed by atoms with van der Waals surface area (Å²) in [5, 5.41) is 16.3. The fraction of sp³-hybridized carbons (Fsp3) is 0.706. The summed E-state index contributed by atoms with van der Waals surface area (Å²) in [7, 11) is 0. The molecule has 2 aliphatic rings. The number of nitrogens with zero attached hydrogens (tertiary/aromatic N) is 2. The zero-order chi connectivity index (χ0) is 16.9. The minimum Gasteiger partial charge on any atom is -0.393 e. The van der Waals surface area contributed by atoms with Gasteiger partial charge in [-0.25, -0.2) is 4.98 Å². The second kappa shape index (κ2) is 7.79. The van der Waals surface area contributed by atoms with Crippen LogP contribution < -0.4 is 16.4 Å². The van der Waals surface area contributed by atoms with Crippen molar-refractivity contribution >= 4 is 17.7 Å². The molecule has 2 fully saturated rings. The lowest BCUT2D eigenvalue weighted by Crippen LogP contribution is -2.30. The number of hydrogen-bond acceptors (Lipinski definition) is 6. The van der Waals surface area contributed by atoms with E-state index in [1.807, 2.05) is 0 Å². The highest BCUT2D eigenvalue weighted by atomic mass is 16.3. The fourth-order valence-electron chi connectivity index (χ4n) is 3.58. The standard InChI is InChI=1S/C17H27N5O2/c18-15(24)14-10-19-17(21-12-6-8-13(23)9-7-12)22-16(14)20-11-4-2-1-3-5-11/h10-13,23H,1-9H2,(H2,18,24)(H2,19,20,21,22). The predicted molar refractivity (Wildman–Crippen MR) is 92.9 cm³/mol. The number of aliphatic hydroxyl groups is 1. The maximum absolute atomic E-state index is 11.7. The first-order chi connectivity index (χ1) is 11.6. The molecule has 0 saturated heterocycles. The highest BCUT2D eigenvalue weighted by molar-refractivity contribution is 5.97. The zero-order valence-corrected chi connectivity index (χ0v) is 14.0. The van der Waals surface area contributed by atoms with E-state index in [1.165, 1.54) is 25.5 Å². The molecular formula is C17H27N5O2. The third-order valence-electron chi connectivity index (χ3n) is 5.03. The third kappa shape index (κ3) is 4.35. The number of aliphatic hydroxyl groups excluding tert-OH is 1. The molecule has 7 heteroatoms. The molecule has 0 radical (unpaired) electrons. The largest absolute Gasteiger partial charge is 0.393 e. The van der Waals surface area contributed by atoms with Gasteiger partial charge >= 0.3 is 0 Å². The molecule has 24 heavy (non-hydrogen) atoms. The van der Waals surface area contributed by atoms with E-state index in [0.717, 1.165) is 38.5 Å². The third-order valence-corrected chi connectivity index (χ3v) is 5.03. The van der Waals surface area contributed by atoms with Crippen molar-refractivity contribution in [1.29, 1.82) is 0 Å². The number of hydrogen-bond donors (Lipinski definition) is 4. The molecule has 0 atom stereocenters. The van der Waals surface area contributed by atoms with Crippen LogP contribution in [0.4, 0.5) is 11.8 Å². The maximum Gasteiger partial charge on any atom is 0.254 e. The summed E-state index contributed by atoms with van der Waals surface area (Å²) in [5.74, 6) is 0.531. The van der Waals surface area contributed by atoms with Crippen LogP contribution in [0.1, 0.15) is 68.1 Å². The van der Waals surface area contributed by atoms with Gasteiger partial charge in [0.2, 0.25) is 5.95 Å². The molecule has 1 heterocycles. The van der Waals surface area contributed by atoms with Gasteiger partial charge in [-0.2, -0.15) is 4.98 Å². The molecule has 0 unspecified atom stereocenters. The first-order valence-corrected chi connectivity index (χ1v) is 9.00. The minimum absolute atomic E-state index is 0.190.